The lowest BCUT2D eigenvalue weighted by atomic mass is 9.95. The second kappa shape index (κ2) is 6.33. The molecular weight excluding hydrogens is 322 g/mol. The molecule has 1 radical (unpaired) electrons. The highest BCUT2D eigenvalue weighted by atomic mass is 19.1. The molecule has 0 aliphatic carbocycles. The fraction of sp³-hybridized carbons (Fsp3) is 0.222. The summed E-state index contributed by atoms with van der Waals surface area (Å²) in [6.45, 7) is 5.29. The molecule has 0 spiro atoms. The molecule has 0 aliphatic rings. The number of carbonyl (C=O) groups excluding carboxylic acids is 1. The zero-order chi connectivity index (χ0) is 18.2. The van der Waals surface area contributed by atoms with E-state index in [1.807, 2.05) is 0 Å². The van der Waals surface area contributed by atoms with Gasteiger partial charge in [-0.2, -0.15) is 0 Å². The van der Waals surface area contributed by atoms with Gasteiger partial charge in [0.15, 0.2) is 0 Å². The van der Waals surface area contributed by atoms with E-state index < -0.39 is 11.7 Å². The highest BCUT2D eigenvalue weighted by molar-refractivity contribution is 6.46. The molecule has 1 aromatic carbocycles. The number of rotatable bonds is 2. The molecule has 0 atom stereocenters. The van der Waals surface area contributed by atoms with Gasteiger partial charge in [-0.05, 0) is 44.5 Å². The van der Waals surface area contributed by atoms with E-state index in [0.29, 0.717) is 10.9 Å². The van der Waals surface area contributed by atoms with E-state index in [2.05, 4.69) is 4.98 Å². The van der Waals surface area contributed by atoms with E-state index in [-0.39, 0.29) is 11.4 Å². The average molecular weight is 339 g/mol. The van der Waals surface area contributed by atoms with Gasteiger partial charge >= 0.3 is 13.6 Å². The minimum Gasteiger partial charge on any atom is -0.449 e. The van der Waals surface area contributed by atoms with Crippen LogP contribution in [0.4, 0.5) is 9.18 Å². The van der Waals surface area contributed by atoms with Crippen molar-refractivity contribution in [3.05, 3.63) is 48.5 Å². The van der Waals surface area contributed by atoms with Gasteiger partial charge in [0.1, 0.15) is 11.4 Å². The smallest absolute Gasteiger partial charge is 0.418 e. The van der Waals surface area contributed by atoms with Gasteiger partial charge in [-0.1, -0.05) is 12.1 Å². The molecule has 0 aliphatic heterocycles. The Labute approximate surface area is 145 Å². The standard InChI is InChI=1S/C18H17BFN2O3/c1-18(2,3)25-17(23)22-15-10-21-9-14(13(15)8-16(22)19-24)11-4-6-12(20)7-5-11/h4-10,24H,1-3H3. The summed E-state index contributed by atoms with van der Waals surface area (Å²) in [4.78, 5) is 16.7. The number of halogens is 1. The van der Waals surface area contributed by atoms with Crippen molar-refractivity contribution in [3.63, 3.8) is 0 Å². The van der Waals surface area contributed by atoms with Gasteiger partial charge in [0.05, 0.1) is 11.7 Å². The summed E-state index contributed by atoms with van der Waals surface area (Å²) in [6.07, 6.45) is 2.55. The molecule has 0 saturated carbocycles. The average Bonchev–Trinajstić information content (AvgIpc) is 2.92. The Kier molecular flexibility index (Phi) is 4.35. The van der Waals surface area contributed by atoms with Crippen molar-refractivity contribution in [3.8, 4) is 11.1 Å². The maximum atomic E-state index is 13.2. The third-order valence-corrected chi connectivity index (χ3v) is 3.62. The molecule has 0 bridgehead atoms. The number of aromatic nitrogens is 2. The number of nitrogens with zero attached hydrogens (tertiary/aromatic N) is 2. The zero-order valence-electron chi connectivity index (χ0n) is 14.2. The van der Waals surface area contributed by atoms with Crippen molar-refractivity contribution in [1.82, 2.24) is 9.55 Å². The van der Waals surface area contributed by atoms with Crippen LogP contribution < -0.4 is 5.59 Å². The van der Waals surface area contributed by atoms with Crippen LogP contribution in [-0.4, -0.2) is 33.8 Å². The fourth-order valence-electron chi connectivity index (χ4n) is 2.61. The maximum Gasteiger partial charge on any atom is 0.418 e. The van der Waals surface area contributed by atoms with E-state index in [1.54, 1.807) is 45.2 Å². The normalized spacial score (nSPS) is 11.6. The van der Waals surface area contributed by atoms with Crippen LogP contribution in [0, 0.1) is 5.82 Å². The highest BCUT2D eigenvalue weighted by Crippen LogP contribution is 2.28. The fourth-order valence-corrected chi connectivity index (χ4v) is 2.61. The molecule has 0 saturated heterocycles. The Bertz CT molecular complexity index is 930. The van der Waals surface area contributed by atoms with Gasteiger partial charge in [0, 0.05) is 22.7 Å². The predicted molar refractivity (Wildman–Crippen MR) is 94.4 cm³/mol. The van der Waals surface area contributed by atoms with Gasteiger partial charge in [-0.25, -0.2) is 9.18 Å². The number of hydrogen-bond acceptors (Lipinski definition) is 4. The minimum atomic E-state index is -0.678. The van der Waals surface area contributed by atoms with Crippen molar-refractivity contribution in [1.29, 1.82) is 0 Å². The topological polar surface area (TPSA) is 64.3 Å². The number of pyridine rings is 1. The van der Waals surface area contributed by atoms with Crippen LogP contribution in [0.25, 0.3) is 22.0 Å². The van der Waals surface area contributed by atoms with Crippen LogP contribution in [-0.2, 0) is 4.74 Å². The molecule has 1 N–H and O–H groups in total. The summed E-state index contributed by atoms with van der Waals surface area (Å²) in [6, 6.07) is 7.66. The maximum absolute atomic E-state index is 13.2. The molecular formula is C18H17BFN2O3. The molecule has 25 heavy (non-hydrogen) atoms. The second-order valence-electron chi connectivity index (χ2n) is 6.64. The quantitative estimate of drug-likeness (QED) is 0.729. The van der Waals surface area contributed by atoms with E-state index in [4.69, 9.17) is 4.74 Å². The first-order chi connectivity index (χ1) is 11.8. The van der Waals surface area contributed by atoms with Crippen molar-refractivity contribution >= 4 is 30.1 Å². The minimum absolute atomic E-state index is 0.278. The Morgan fingerprint density at radius 2 is 1.92 bits per heavy atom. The van der Waals surface area contributed by atoms with Crippen molar-refractivity contribution in [2.24, 2.45) is 0 Å². The number of ether oxygens (including phenoxy) is 1. The lowest BCUT2D eigenvalue weighted by molar-refractivity contribution is 0.0548. The molecule has 0 amide bonds. The van der Waals surface area contributed by atoms with Crippen LogP contribution >= 0.6 is 0 Å². The largest absolute Gasteiger partial charge is 0.449 e. The molecule has 7 heteroatoms. The molecule has 3 rings (SSSR count). The molecule has 127 valence electrons. The first-order valence-electron chi connectivity index (χ1n) is 7.76. The summed E-state index contributed by atoms with van der Waals surface area (Å²) in [5, 5.41) is 10.2. The summed E-state index contributed by atoms with van der Waals surface area (Å²) < 4.78 is 19.9. The number of carbonyl (C=O) groups is 1. The van der Waals surface area contributed by atoms with Crippen molar-refractivity contribution in [2.75, 3.05) is 0 Å². The summed E-state index contributed by atoms with van der Waals surface area (Å²) >= 11 is 0. The first-order valence-corrected chi connectivity index (χ1v) is 7.76. The van der Waals surface area contributed by atoms with Crippen LogP contribution in [0.5, 0.6) is 0 Å². The van der Waals surface area contributed by atoms with E-state index in [9.17, 15) is 14.2 Å². The Balaban J connectivity index is 2.18. The lowest BCUT2D eigenvalue weighted by Gasteiger charge is -2.20. The Hall–Kier alpha value is -2.67. The predicted octanol–water partition coefficient (Wildman–Crippen LogP) is 2.86. The van der Waals surface area contributed by atoms with E-state index in [1.165, 1.54) is 22.9 Å². The summed E-state index contributed by atoms with van der Waals surface area (Å²) in [7, 11) is 0.846. The van der Waals surface area contributed by atoms with Gasteiger partial charge in [-0.15, -0.1) is 0 Å². The molecule has 0 fully saturated rings. The van der Waals surface area contributed by atoms with E-state index in [0.717, 1.165) is 18.6 Å². The van der Waals surface area contributed by atoms with Gasteiger partial charge in [-0.3, -0.25) is 9.55 Å². The van der Waals surface area contributed by atoms with Crippen molar-refractivity contribution < 1.29 is 18.9 Å². The number of benzene rings is 1. The summed E-state index contributed by atoms with van der Waals surface area (Å²) in [5.74, 6) is -0.334. The highest BCUT2D eigenvalue weighted by Gasteiger charge is 2.23. The van der Waals surface area contributed by atoms with Crippen LogP contribution in [0.2, 0.25) is 0 Å². The van der Waals surface area contributed by atoms with Gasteiger partial charge in [0.2, 0.25) is 0 Å². The third kappa shape index (κ3) is 3.41. The number of fused-ring (bicyclic) bond motifs is 1. The third-order valence-electron chi connectivity index (χ3n) is 3.62. The van der Waals surface area contributed by atoms with Gasteiger partial charge < -0.3 is 9.76 Å². The molecule has 2 heterocycles. The van der Waals surface area contributed by atoms with E-state index >= 15 is 0 Å². The molecule has 5 nitrogen and oxygen atoms in total. The van der Waals surface area contributed by atoms with Crippen LogP contribution in [0.1, 0.15) is 20.8 Å². The second-order valence-corrected chi connectivity index (χ2v) is 6.64. The first kappa shape index (κ1) is 17.2. The van der Waals surface area contributed by atoms with Crippen molar-refractivity contribution in [2.45, 2.75) is 26.4 Å². The monoisotopic (exact) mass is 339 g/mol. The Morgan fingerprint density at radius 3 is 2.52 bits per heavy atom. The number of hydrogen-bond donors (Lipinski definition) is 1. The summed E-state index contributed by atoms with van der Waals surface area (Å²) in [5.41, 5.74) is 1.58. The van der Waals surface area contributed by atoms with Gasteiger partial charge in [0.25, 0.3) is 0 Å². The lowest BCUT2D eigenvalue weighted by Crippen LogP contribution is -2.34. The molecule has 3 aromatic rings. The molecule has 2 aromatic heterocycles. The Morgan fingerprint density at radius 1 is 1.24 bits per heavy atom. The molecule has 0 unspecified atom stereocenters. The zero-order valence-corrected chi connectivity index (χ0v) is 14.2. The van der Waals surface area contributed by atoms with Crippen LogP contribution in [0.3, 0.4) is 0 Å². The van der Waals surface area contributed by atoms with Crippen LogP contribution in [0.15, 0.2) is 42.7 Å². The SMILES string of the molecule is CC(C)(C)OC(=O)n1c([B]O)cc2c(-c3ccc(F)cc3)cncc21.